The molecule has 0 N–H and O–H groups in total. The van der Waals surface area contributed by atoms with Gasteiger partial charge in [0.05, 0.1) is 22.7 Å². The quantitative estimate of drug-likeness (QED) is 0.792. The van der Waals surface area contributed by atoms with E-state index in [1.54, 1.807) is 19.1 Å². The molecule has 0 aliphatic heterocycles. The van der Waals surface area contributed by atoms with Gasteiger partial charge < -0.3 is 4.74 Å². The van der Waals surface area contributed by atoms with Gasteiger partial charge in [0.15, 0.2) is 9.84 Å². The zero-order valence-corrected chi connectivity index (χ0v) is 14.6. The molecule has 2 aliphatic rings. The van der Waals surface area contributed by atoms with Crippen LogP contribution < -0.4 is 0 Å². The molecule has 2 atom stereocenters. The highest BCUT2D eigenvalue weighted by Gasteiger charge is 2.73. The summed E-state index contributed by atoms with van der Waals surface area (Å²) >= 11 is 0. The van der Waals surface area contributed by atoms with E-state index in [9.17, 15) is 13.2 Å². The van der Waals surface area contributed by atoms with E-state index in [0.29, 0.717) is 11.5 Å². The topological polar surface area (TPSA) is 60.4 Å². The van der Waals surface area contributed by atoms with Crippen molar-refractivity contribution in [2.24, 2.45) is 11.3 Å². The average Bonchev–Trinajstić information content (AvgIpc) is 3.17. The molecular weight excluding hydrogens is 312 g/mol. The lowest BCUT2D eigenvalue weighted by Crippen LogP contribution is -2.18. The summed E-state index contributed by atoms with van der Waals surface area (Å²) in [4.78, 5) is 12.7. The number of sulfone groups is 1. The van der Waals surface area contributed by atoms with Crippen molar-refractivity contribution in [2.45, 2.75) is 56.1 Å². The largest absolute Gasteiger partial charge is 0.466 e. The molecule has 1 spiro atoms. The summed E-state index contributed by atoms with van der Waals surface area (Å²) in [5.74, 6) is -0.830. The van der Waals surface area contributed by atoms with Gasteiger partial charge in [0, 0.05) is 5.41 Å². The van der Waals surface area contributed by atoms with Crippen LogP contribution in [0.4, 0.5) is 0 Å². The van der Waals surface area contributed by atoms with Crippen molar-refractivity contribution in [3.05, 3.63) is 29.8 Å². The highest BCUT2D eigenvalue weighted by Crippen LogP contribution is 2.65. The van der Waals surface area contributed by atoms with Crippen molar-refractivity contribution in [2.75, 3.05) is 6.61 Å². The van der Waals surface area contributed by atoms with Crippen LogP contribution in [-0.4, -0.2) is 26.2 Å². The highest BCUT2D eigenvalue weighted by molar-refractivity contribution is 7.92. The second kappa shape index (κ2) is 5.93. The van der Waals surface area contributed by atoms with Crippen LogP contribution in [0.15, 0.2) is 29.2 Å². The van der Waals surface area contributed by atoms with Gasteiger partial charge in [-0.3, -0.25) is 4.79 Å². The fourth-order valence-electron chi connectivity index (χ4n) is 4.21. The molecule has 1 aromatic rings. The van der Waals surface area contributed by atoms with Crippen molar-refractivity contribution < 1.29 is 17.9 Å². The molecule has 1 aromatic carbocycles. The van der Waals surface area contributed by atoms with Crippen molar-refractivity contribution in [3.63, 3.8) is 0 Å². The molecule has 2 fully saturated rings. The van der Waals surface area contributed by atoms with Crippen molar-refractivity contribution in [1.82, 2.24) is 0 Å². The number of hydrogen-bond donors (Lipinski definition) is 0. The molecule has 2 saturated carbocycles. The van der Waals surface area contributed by atoms with E-state index in [2.05, 4.69) is 0 Å². The Morgan fingerprint density at radius 3 is 2.35 bits per heavy atom. The number of carbonyl (C=O) groups excluding carboxylic acids is 1. The third kappa shape index (κ3) is 2.69. The average molecular weight is 336 g/mol. The Labute approximate surface area is 138 Å². The maximum Gasteiger partial charge on any atom is 0.310 e. The zero-order valence-electron chi connectivity index (χ0n) is 13.7. The third-order valence-corrected chi connectivity index (χ3v) is 7.73. The van der Waals surface area contributed by atoms with E-state index >= 15 is 0 Å². The van der Waals surface area contributed by atoms with E-state index < -0.39 is 26.4 Å². The van der Waals surface area contributed by atoms with Crippen molar-refractivity contribution in [1.29, 1.82) is 0 Å². The molecular formula is C18H24O4S. The Morgan fingerprint density at radius 2 is 1.78 bits per heavy atom. The molecule has 3 rings (SSSR count). The van der Waals surface area contributed by atoms with Gasteiger partial charge in [0.1, 0.15) is 0 Å². The number of rotatable bonds is 4. The fraction of sp³-hybridized carbons (Fsp3) is 0.611. The van der Waals surface area contributed by atoms with Gasteiger partial charge >= 0.3 is 5.97 Å². The number of ether oxygens (including phenoxy) is 1. The first-order valence-corrected chi connectivity index (χ1v) is 9.95. The van der Waals surface area contributed by atoms with Crippen LogP contribution in [0, 0.1) is 18.3 Å². The number of hydrogen-bond acceptors (Lipinski definition) is 4. The summed E-state index contributed by atoms with van der Waals surface area (Å²) in [6, 6.07) is 6.92. The smallest absolute Gasteiger partial charge is 0.310 e. The molecule has 0 aromatic heterocycles. The lowest BCUT2D eigenvalue weighted by Gasteiger charge is -2.22. The molecule has 5 heteroatoms. The van der Waals surface area contributed by atoms with Gasteiger partial charge in [0.2, 0.25) is 0 Å². The zero-order chi connectivity index (χ0) is 16.7. The predicted molar refractivity (Wildman–Crippen MR) is 87.8 cm³/mol. The monoisotopic (exact) mass is 336 g/mol. The van der Waals surface area contributed by atoms with Crippen LogP contribution >= 0.6 is 0 Å². The minimum absolute atomic E-state index is 0.294. The van der Waals surface area contributed by atoms with E-state index in [1.807, 2.05) is 19.1 Å². The molecule has 23 heavy (non-hydrogen) atoms. The summed E-state index contributed by atoms with van der Waals surface area (Å²) in [5, 5.41) is -0.614. The first-order chi connectivity index (χ1) is 10.9. The number of esters is 1. The normalized spacial score (nSPS) is 26.0. The maximum absolute atomic E-state index is 13.1. The van der Waals surface area contributed by atoms with Gasteiger partial charge in [-0.2, -0.15) is 0 Å². The molecule has 0 unspecified atom stereocenters. The summed E-state index contributed by atoms with van der Waals surface area (Å²) in [6.07, 6.45) is 4.73. The molecule has 0 heterocycles. The minimum Gasteiger partial charge on any atom is -0.466 e. The number of benzene rings is 1. The third-order valence-electron chi connectivity index (χ3n) is 5.39. The molecule has 0 radical (unpaired) electrons. The molecule has 126 valence electrons. The van der Waals surface area contributed by atoms with Gasteiger partial charge in [-0.1, -0.05) is 37.0 Å². The molecule has 4 nitrogen and oxygen atoms in total. The van der Waals surface area contributed by atoms with E-state index in [1.165, 1.54) is 0 Å². The Balaban J connectivity index is 1.95. The van der Waals surface area contributed by atoms with E-state index in [-0.39, 0.29) is 5.97 Å². The fourth-order valence-corrected chi connectivity index (χ4v) is 6.68. The first kappa shape index (κ1) is 16.5. The maximum atomic E-state index is 13.1. The summed E-state index contributed by atoms with van der Waals surface area (Å²) < 4.78 is 31.4. The van der Waals surface area contributed by atoms with Crippen LogP contribution in [0.1, 0.15) is 44.6 Å². The molecule has 2 aliphatic carbocycles. The summed E-state index contributed by atoms with van der Waals surface area (Å²) in [6.45, 7) is 3.98. The van der Waals surface area contributed by atoms with Gasteiger partial charge in [-0.15, -0.1) is 0 Å². The van der Waals surface area contributed by atoms with E-state index in [0.717, 1.165) is 37.7 Å². The van der Waals surface area contributed by atoms with E-state index in [4.69, 9.17) is 4.74 Å². The van der Waals surface area contributed by atoms with Gasteiger partial charge in [0.25, 0.3) is 0 Å². The SMILES string of the molecule is CCOC(=O)[C@@H]1[C@H](S(=O)(=O)c2ccc(C)cc2)C12CCCCC2. The Bertz CT molecular complexity index is 684. The number of carbonyl (C=O) groups is 1. The predicted octanol–water partition coefficient (Wildman–Crippen LogP) is 3.28. The first-order valence-electron chi connectivity index (χ1n) is 8.41. The van der Waals surface area contributed by atoms with Crippen LogP contribution in [0.3, 0.4) is 0 Å². The Kier molecular flexibility index (Phi) is 4.25. The Morgan fingerprint density at radius 1 is 1.17 bits per heavy atom. The van der Waals surface area contributed by atoms with Gasteiger partial charge in [-0.25, -0.2) is 8.42 Å². The van der Waals surface area contributed by atoms with Crippen LogP contribution in [0.5, 0.6) is 0 Å². The lowest BCUT2D eigenvalue weighted by atomic mass is 9.84. The molecule has 0 saturated heterocycles. The van der Waals surface area contributed by atoms with Crippen LogP contribution in [-0.2, 0) is 19.4 Å². The second-order valence-corrected chi connectivity index (χ2v) is 8.87. The molecule has 0 amide bonds. The van der Waals surface area contributed by atoms with Crippen molar-refractivity contribution >= 4 is 15.8 Å². The minimum atomic E-state index is -3.50. The van der Waals surface area contributed by atoms with Gasteiger partial charge in [-0.05, 0) is 38.8 Å². The number of aryl methyl sites for hydroxylation is 1. The lowest BCUT2D eigenvalue weighted by molar-refractivity contribution is -0.145. The standard InChI is InChI=1S/C18H24O4S/c1-3-22-17(19)15-16(18(15)11-5-4-6-12-18)23(20,21)14-9-7-13(2)8-10-14/h7-10,15-16H,3-6,11-12H2,1-2H3/t15-,16-/m0/s1. The van der Waals surface area contributed by atoms with Crippen molar-refractivity contribution in [3.8, 4) is 0 Å². The Hall–Kier alpha value is -1.36. The highest BCUT2D eigenvalue weighted by atomic mass is 32.2. The van der Waals surface area contributed by atoms with Crippen LogP contribution in [0.2, 0.25) is 0 Å². The summed E-state index contributed by atoms with van der Waals surface area (Å²) in [5.41, 5.74) is 0.628. The molecule has 0 bridgehead atoms. The summed E-state index contributed by atoms with van der Waals surface area (Å²) in [7, 11) is -3.50. The second-order valence-electron chi connectivity index (χ2n) is 6.80. The van der Waals surface area contributed by atoms with Crippen LogP contribution in [0.25, 0.3) is 0 Å².